The second-order valence-corrected chi connectivity index (χ2v) is 7.68. The van der Waals surface area contributed by atoms with Gasteiger partial charge in [-0.15, -0.1) is 0 Å². The van der Waals surface area contributed by atoms with Crippen molar-refractivity contribution in [1.29, 1.82) is 0 Å². The summed E-state index contributed by atoms with van der Waals surface area (Å²) in [6.45, 7) is 2.27. The number of carboxylic acid groups (broad SMARTS) is 1. The molecule has 0 radical (unpaired) electrons. The molecular weight excluding hydrogens is 312 g/mol. The summed E-state index contributed by atoms with van der Waals surface area (Å²) in [5.41, 5.74) is 0. The van der Waals surface area contributed by atoms with Crippen molar-refractivity contribution in [2.45, 2.75) is 135 Å². The molecule has 1 atom stereocenters. The second-order valence-electron chi connectivity index (χ2n) is 7.68. The molecule has 0 spiro atoms. The van der Waals surface area contributed by atoms with Gasteiger partial charge < -0.3 is 10.2 Å². The van der Waals surface area contributed by atoms with Gasteiger partial charge in [-0.25, -0.2) is 0 Å². The average molecular weight is 357 g/mol. The summed E-state index contributed by atoms with van der Waals surface area (Å²) in [5, 5.41) is 18.4. The van der Waals surface area contributed by atoms with E-state index in [-0.39, 0.29) is 12.5 Å². The normalized spacial score (nSPS) is 12.4. The summed E-state index contributed by atoms with van der Waals surface area (Å²) in [7, 11) is 0. The maximum atomic E-state index is 10.4. The molecule has 0 aliphatic rings. The zero-order valence-electron chi connectivity index (χ0n) is 16.8. The van der Waals surface area contributed by atoms with Crippen molar-refractivity contribution in [2.24, 2.45) is 0 Å². The van der Waals surface area contributed by atoms with Gasteiger partial charge in [-0.05, 0) is 19.3 Å². The van der Waals surface area contributed by atoms with E-state index in [0.29, 0.717) is 6.42 Å². The number of hydrogen-bond donors (Lipinski definition) is 2. The Balaban J connectivity index is 3.12. The van der Waals surface area contributed by atoms with Crippen LogP contribution in [-0.4, -0.2) is 22.3 Å². The van der Waals surface area contributed by atoms with Gasteiger partial charge in [0.1, 0.15) is 0 Å². The third-order valence-electron chi connectivity index (χ3n) is 5.07. The van der Waals surface area contributed by atoms with E-state index < -0.39 is 5.97 Å². The smallest absolute Gasteiger partial charge is 0.303 e. The lowest BCUT2D eigenvalue weighted by Gasteiger charge is -2.09. The van der Waals surface area contributed by atoms with Crippen molar-refractivity contribution in [3.63, 3.8) is 0 Å². The van der Waals surface area contributed by atoms with Gasteiger partial charge in [-0.2, -0.15) is 0 Å². The number of rotatable bonds is 20. The van der Waals surface area contributed by atoms with Crippen molar-refractivity contribution >= 4 is 5.97 Å². The van der Waals surface area contributed by atoms with Crippen molar-refractivity contribution < 1.29 is 15.0 Å². The summed E-state index contributed by atoms with van der Waals surface area (Å²) in [6, 6.07) is 0. The highest BCUT2D eigenvalue weighted by molar-refractivity contribution is 5.66. The van der Waals surface area contributed by atoms with Crippen LogP contribution in [0.5, 0.6) is 0 Å². The second kappa shape index (κ2) is 19.8. The molecule has 0 bridgehead atoms. The lowest BCUT2D eigenvalue weighted by molar-refractivity contribution is -0.137. The van der Waals surface area contributed by atoms with E-state index in [2.05, 4.69) is 6.92 Å². The minimum absolute atomic E-state index is 0.228. The molecule has 0 saturated heterocycles. The molecule has 0 aliphatic carbocycles. The summed E-state index contributed by atoms with van der Waals surface area (Å²) in [5.74, 6) is -0.735. The molecule has 0 saturated carbocycles. The van der Waals surface area contributed by atoms with E-state index in [4.69, 9.17) is 5.11 Å². The molecule has 0 aromatic rings. The molecule has 150 valence electrons. The lowest BCUT2D eigenvalue weighted by Crippen LogP contribution is -2.06. The summed E-state index contributed by atoms with van der Waals surface area (Å²) >= 11 is 0. The predicted molar refractivity (Wildman–Crippen MR) is 107 cm³/mol. The van der Waals surface area contributed by atoms with Crippen LogP contribution in [0.3, 0.4) is 0 Å². The number of carboxylic acids is 1. The SMILES string of the molecule is CCCCCCCCCCCCCCCCC(O)CCCCC(=O)O. The van der Waals surface area contributed by atoms with E-state index in [1.165, 1.54) is 83.5 Å². The number of carbonyl (C=O) groups is 1. The molecule has 0 aliphatic heterocycles. The highest BCUT2D eigenvalue weighted by Crippen LogP contribution is 2.15. The molecule has 3 heteroatoms. The molecule has 0 fully saturated rings. The number of aliphatic carboxylic acids is 1. The predicted octanol–water partition coefficient (Wildman–Crippen LogP) is 6.86. The first-order chi connectivity index (χ1) is 12.2. The molecule has 0 rings (SSSR count). The summed E-state index contributed by atoms with van der Waals surface area (Å²) in [6.07, 6.45) is 22.1. The zero-order valence-corrected chi connectivity index (χ0v) is 16.8. The van der Waals surface area contributed by atoms with Gasteiger partial charge in [0.05, 0.1) is 6.10 Å². The fourth-order valence-electron chi connectivity index (χ4n) is 3.38. The van der Waals surface area contributed by atoms with Crippen LogP contribution < -0.4 is 0 Å². The Kier molecular flexibility index (Phi) is 19.3. The maximum Gasteiger partial charge on any atom is 0.303 e. The topological polar surface area (TPSA) is 57.5 Å². The van der Waals surface area contributed by atoms with Gasteiger partial charge in [0, 0.05) is 6.42 Å². The van der Waals surface area contributed by atoms with Gasteiger partial charge in [0.15, 0.2) is 0 Å². The summed E-state index contributed by atoms with van der Waals surface area (Å²) in [4.78, 5) is 10.4. The number of aliphatic hydroxyl groups excluding tert-OH is 1. The van der Waals surface area contributed by atoms with Crippen LogP contribution >= 0.6 is 0 Å². The lowest BCUT2D eigenvalue weighted by atomic mass is 10.0. The Morgan fingerprint density at radius 2 is 1.00 bits per heavy atom. The van der Waals surface area contributed by atoms with E-state index in [1.54, 1.807) is 0 Å². The largest absolute Gasteiger partial charge is 0.481 e. The molecular formula is C22H44O3. The average Bonchev–Trinajstić information content (AvgIpc) is 2.59. The Hall–Kier alpha value is -0.570. The van der Waals surface area contributed by atoms with Crippen LogP contribution in [0.15, 0.2) is 0 Å². The molecule has 25 heavy (non-hydrogen) atoms. The quantitative estimate of drug-likeness (QED) is 0.234. The molecule has 0 amide bonds. The Labute approximate surface area is 156 Å². The van der Waals surface area contributed by atoms with Gasteiger partial charge in [-0.1, -0.05) is 103 Å². The first kappa shape index (κ1) is 24.4. The fourth-order valence-corrected chi connectivity index (χ4v) is 3.38. The van der Waals surface area contributed by atoms with Crippen LogP contribution in [-0.2, 0) is 4.79 Å². The zero-order chi connectivity index (χ0) is 18.6. The molecule has 2 N–H and O–H groups in total. The van der Waals surface area contributed by atoms with Crippen LogP contribution in [0.1, 0.15) is 129 Å². The van der Waals surface area contributed by atoms with Gasteiger partial charge in [0.2, 0.25) is 0 Å². The van der Waals surface area contributed by atoms with Crippen molar-refractivity contribution in [1.82, 2.24) is 0 Å². The summed E-state index contributed by atoms with van der Waals surface area (Å²) < 4.78 is 0. The van der Waals surface area contributed by atoms with Crippen LogP contribution in [0.25, 0.3) is 0 Å². The third-order valence-corrected chi connectivity index (χ3v) is 5.07. The molecule has 1 unspecified atom stereocenters. The van der Waals surface area contributed by atoms with E-state index in [9.17, 15) is 9.90 Å². The Bertz CT molecular complexity index is 278. The minimum atomic E-state index is -0.735. The third kappa shape index (κ3) is 21.4. The maximum absolute atomic E-state index is 10.4. The van der Waals surface area contributed by atoms with Crippen molar-refractivity contribution in [2.75, 3.05) is 0 Å². The molecule has 0 aromatic carbocycles. The van der Waals surface area contributed by atoms with Gasteiger partial charge in [0.25, 0.3) is 0 Å². The number of hydrogen-bond acceptors (Lipinski definition) is 2. The van der Waals surface area contributed by atoms with Gasteiger partial charge >= 0.3 is 5.97 Å². The van der Waals surface area contributed by atoms with Crippen LogP contribution in [0.4, 0.5) is 0 Å². The monoisotopic (exact) mass is 356 g/mol. The minimum Gasteiger partial charge on any atom is -0.481 e. The standard InChI is InChI=1S/C22H44O3/c1-2-3-4-5-6-7-8-9-10-11-12-13-14-15-18-21(23)19-16-17-20-22(24)25/h21,23H,2-20H2,1H3,(H,24,25). The van der Waals surface area contributed by atoms with E-state index in [0.717, 1.165) is 25.7 Å². The van der Waals surface area contributed by atoms with E-state index >= 15 is 0 Å². The van der Waals surface area contributed by atoms with Crippen molar-refractivity contribution in [3.05, 3.63) is 0 Å². The first-order valence-electron chi connectivity index (χ1n) is 11.1. The van der Waals surface area contributed by atoms with Crippen molar-refractivity contribution in [3.8, 4) is 0 Å². The fraction of sp³-hybridized carbons (Fsp3) is 0.955. The van der Waals surface area contributed by atoms with Gasteiger partial charge in [-0.3, -0.25) is 4.79 Å². The molecule has 0 aromatic heterocycles. The molecule has 3 nitrogen and oxygen atoms in total. The number of unbranched alkanes of at least 4 members (excludes halogenated alkanes) is 14. The Morgan fingerprint density at radius 1 is 0.640 bits per heavy atom. The van der Waals surface area contributed by atoms with Crippen LogP contribution in [0.2, 0.25) is 0 Å². The van der Waals surface area contributed by atoms with Crippen LogP contribution in [0, 0.1) is 0 Å². The molecule has 0 heterocycles. The highest BCUT2D eigenvalue weighted by atomic mass is 16.4. The number of aliphatic hydroxyl groups is 1. The highest BCUT2D eigenvalue weighted by Gasteiger charge is 2.04. The first-order valence-corrected chi connectivity index (χ1v) is 11.1. The van der Waals surface area contributed by atoms with E-state index in [1.807, 2.05) is 0 Å². The Morgan fingerprint density at radius 3 is 1.40 bits per heavy atom.